The average molecular weight is 321 g/mol. The van der Waals surface area contributed by atoms with Crippen molar-refractivity contribution < 1.29 is 9.59 Å². The van der Waals surface area contributed by atoms with Crippen molar-refractivity contribution in [2.24, 2.45) is 23.5 Å². The summed E-state index contributed by atoms with van der Waals surface area (Å²) in [5, 5.41) is 2.95. The molecule has 5 heteroatoms. The van der Waals surface area contributed by atoms with E-state index in [-0.39, 0.29) is 11.9 Å². The third-order valence-corrected chi connectivity index (χ3v) is 6.18. The summed E-state index contributed by atoms with van der Waals surface area (Å²) in [4.78, 5) is 26.5. The Morgan fingerprint density at radius 3 is 2.70 bits per heavy atom. The van der Waals surface area contributed by atoms with Gasteiger partial charge in [-0.05, 0) is 56.3 Å². The second kappa shape index (κ2) is 7.65. The molecule has 4 unspecified atom stereocenters. The first kappa shape index (κ1) is 16.7. The summed E-state index contributed by atoms with van der Waals surface area (Å²) < 4.78 is 0. The van der Waals surface area contributed by atoms with Gasteiger partial charge >= 0.3 is 0 Å². The van der Waals surface area contributed by atoms with Gasteiger partial charge in [0.2, 0.25) is 11.8 Å². The fourth-order valence-electron chi connectivity index (χ4n) is 4.96. The highest BCUT2D eigenvalue weighted by atomic mass is 16.2. The van der Waals surface area contributed by atoms with Crippen LogP contribution in [0.1, 0.15) is 57.8 Å². The van der Waals surface area contributed by atoms with E-state index in [9.17, 15) is 9.59 Å². The Morgan fingerprint density at radius 2 is 2.00 bits per heavy atom. The number of carbonyl (C=O) groups is 2. The van der Waals surface area contributed by atoms with Gasteiger partial charge in [0.05, 0.1) is 0 Å². The molecule has 5 nitrogen and oxygen atoms in total. The third kappa shape index (κ3) is 4.06. The van der Waals surface area contributed by atoms with Gasteiger partial charge in [0, 0.05) is 38.5 Å². The van der Waals surface area contributed by atoms with Crippen molar-refractivity contribution in [1.29, 1.82) is 0 Å². The number of rotatable bonds is 6. The predicted molar refractivity (Wildman–Crippen MR) is 89.6 cm³/mol. The summed E-state index contributed by atoms with van der Waals surface area (Å²) >= 11 is 0. The molecule has 3 N–H and O–H groups in total. The molecule has 1 heterocycles. The molecule has 3 rings (SSSR count). The Kier molecular flexibility index (Phi) is 5.57. The minimum atomic E-state index is -0.00132. The van der Waals surface area contributed by atoms with Crippen LogP contribution in [0.5, 0.6) is 0 Å². The van der Waals surface area contributed by atoms with E-state index in [1.807, 2.05) is 0 Å². The lowest BCUT2D eigenvalue weighted by Crippen LogP contribution is -2.50. The molecule has 23 heavy (non-hydrogen) atoms. The molecule has 0 aromatic heterocycles. The molecule has 0 spiro atoms. The number of nitrogens with one attached hydrogen (secondary N) is 1. The molecule has 0 aromatic rings. The monoisotopic (exact) mass is 321 g/mol. The SMILES string of the molecule is NCCC(=O)NCC1CCCCN1C(=O)CC1CC2CCC1C2. The lowest BCUT2D eigenvalue weighted by molar-refractivity contribution is -0.136. The first-order valence-electron chi connectivity index (χ1n) is 9.43. The number of carbonyl (C=O) groups excluding carboxylic acids is 2. The Balaban J connectivity index is 1.51. The summed E-state index contributed by atoms with van der Waals surface area (Å²) in [6.45, 7) is 1.82. The Morgan fingerprint density at radius 1 is 1.13 bits per heavy atom. The van der Waals surface area contributed by atoms with E-state index in [1.165, 1.54) is 25.7 Å². The zero-order valence-corrected chi connectivity index (χ0v) is 14.1. The fourth-order valence-corrected chi connectivity index (χ4v) is 4.96. The molecule has 3 fully saturated rings. The van der Waals surface area contributed by atoms with Crippen LogP contribution in [-0.4, -0.2) is 42.4 Å². The summed E-state index contributed by atoms with van der Waals surface area (Å²) in [7, 11) is 0. The Hall–Kier alpha value is -1.10. The molecule has 0 radical (unpaired) electrons. The summed E-state index contributed by atoms with van der Waals surface area (Å²) in [6, 6.07) is 0.177. The van der Waals surface area contributed by atoms with Crippen molar-refractivity contribution in [3.63, 3.8) is 0 Å². The lowest BCUT2D eigenvalue weighted by Gasteiger charge is -2.37. The van der Waals surface area contributed by atoms with Crippen LogP contribution in [0.4, 0.5) is 0 Å². The van der Waals surface area contributed by atoms with Crippen molar-refractivity contribution >= 4 is 11.8 Å². The van der Waals surface area contributed by atoms with E-state index in [0.29, 0.717) is 31.3 Å². The Bertz CT molecular complexity index is 440. The standard InChI is InChI=1S/C18H31N3O2/c19-7-6-17(22)20-12-16-3-1-2-8-21(16)18(23)11-15-10-13-4-5-14(15)9-13/h13-16H,1-12,19H2,(H,20,22). The number of hydrogen-bond donors (Lipinski definition) is 2. The molecule has 3 aliphatic rings. The molecular weight excluding hydrogens is 290 g/mol. The van der Waals surface area contributed by atoms with E-state index < -0.39 is 0 Å². The van der Waals surface area contributed by atoms with E-state index in [0.717, 1.165) is 44.1 Å². The highest BCUT2D eigenvalue weighted by Crippen LogP contribution is 2.49. The molecule has 1 aliphatic heterocycles. The fraction of sp³-hybridized carbons (Fsp3) is 0.889. The number of amides is 2. The summed E-state index contributed by atoms with van der Waals surface area (Å²) in [5.41, 5.74) is 5.41. The second-order valence-corrected chi connectivity index (χ2v) is 7.72. The van der Waals surface area contributed by atoms with Crippen LogP contribution in [0.2, 0.25) is 0 Å². The molecule has 1 saturated heterocycles. The highest BCUT2D eigenvalue weighted by molar-refractivity contribution is 5.78. The molecule has 130 valence electrons. The van der Waals surface area contributed by atoms with E-state index in [2.05, 4.69) is 10.2 Å². The normalized spacial score (nSPS) is 33.0. The van der Waals surface area contributed by atoms with Crippen LogP contribution in [0.3, 0.4) is 0 Å². The maximum absolute atomic E-state index is 12.8. The number of hydrogen-bond acceptors (Lipinski definition) is 3. The molecule has 2 bridgehead atoms. The number of piperidine rings is 1. The van der Waals surface area contributed by atoms with E-state index in [1.54, 1.807) is 0 Å². The number of fused-ring (bicyclic) bond motifs is 2. The van der Waals surface area contributed by atoms with Crippen LogP contribution in [0, 0.1) is 17.8 Å². The van der Waals surface area contributed by atoms with Gasteiger partial charge in [-0.1, -0.05) is 6.42 Å². The van der Waals surface area contributed by atoms with Gasteiger partial charge in [-0.3, -0.25) is 9.59 Å². The molecule has 2 aliphatic carbocycles. The van der Waals surface area contributed by atoms with Crippen molar-refractivity contribution in [2.75, 3.05) is 19.6 Å². The maximum Gasteiger partial charge on any atom is 0.223 e. The number of nitrogens with two attached hydrogens (primary N) is 1. The van der Waals surface area contributed by atoms with Gasteiger partial charge in [-0.2, -0.15) is 0 Å². The van der Waals surface area contributed by atoms with Crippen LogP contribution in [0.25, 0.3) is 0 Å². The third-order valence-electron chi connectivity index (χ3n) is 6.18. The van der Waals surface area contributed by atoms with Crippen LogP contribution in [0.15, 0.2) is 0 Å². The average Bonchev–Trinajstić information content (AvgIpc) is 3.16. The highest BCUT2D eigenvalue weighted by Gasteiger charge is 2.41. The smallest absolute Gasteiger partial charge is 0.223 e. The van der Waals surface area contributed by atoms with Gasteiger partial charge in [-0.15, -0.1) is 0 Å². The van der Waals surface area contributed by atoms with Gasteiger partial charge in [-0.25, -0.2) is 0 Å². The maximum atomic E-state index is 12.8. The largest absolute Gasteiger partial charge is 0.354 e. The molecule has 2 saturated carbocycles. The molecule has 4 atom stereocenters. The number of likely N-dealkylation sites (tertiary alicyclic amines) is 1. The van der Waals surface area contributed by atoms with Crippen LogP contribution >= 0.6 is 0 Å². The van der Waals surface area contributed by atoms with E-state index >= 15 is 0 Å². The van der Waals surface area contributed by atoms with Crippen molar-refractivity contribution in [1.82, 2.24) is 10.2 Å². The van der Waals surface area contributed by atoms with Crippen molar-refractivity contribution in [3.05, 3.63) is 0 Å². The zero-order chi connectivity index (χ0) is 16.2. The minimum Gasteiger partial charge on any atom is -0.354 e. The minimum absolute atomic E-state index is 0.00132. The first-order valence-corrected chi connectivity index (χ1v) is 9.43. The van der Waals surface area contributed by atoms with Gasteiger partial charge in [0.15, 0.2) is 0 Å². The topological polar surface area (TPSA) is 75.4 Å². The van der Waals surface area contributed by atoms with Gasteiger partial charge < -0.3 is 16.0 Å². The first-order chi connectivity index (χ1) is 11.2. The molecular formula is C18H31N3O2. The molecule has 2 amide bonds. The van der Waals surface area contributed by atoms with Gasteiger partial charge in [0.25, 0.3) is 0 Å². The van der Waals surface area contributed by atoms with Crippen LogP contribution < -0.4 is 11.1 Å². The van der Waals surface area contributed by atoms with Crippen molar-refractivity contribution in [2.45, 2.75) is 63.8 Å². The molecule has 0 aromatic carbocycles. The Labute approximate surface area is 139 Å². The van der Waals surface area contributed by atoms with Gasteiger partial charge in [0.1, 0.15) is 0 Å². The predicted octanol–water partition coefficient (Wildman–Crippen LogP) is 1.66. The number of nitrogens with zero attached hydrogens (tertiary/aromatic N) is 1. The summed E-state index contributed by atoms with van der Waals surface area (Å²) in [5.74, 6) is 2.64. The van der Waals surface area contributed by atoms with Crippen LogP contribution in [-0.2, 0) is 9.59 Å². The van der Waals surface area contributed by atoms with Crippen molar-refractivity contribution in [3.8, 4) is 0 Å². The zero-order valence-electron chi connectivity index (χ0n) is 14.1. The second-order valence-electron chi connectivity index (χ2n) is 7.72. The lowest BCUT2D eigenvalue weighted by atomic mass is 9.85. The summed E-state index contributed by atoms with van der Waals surface area (Å²) in [6.07, 6.45) is 9.69. The quantitative estimate of drug-likeness (QED) is 0.781. The van der Waals surface area contributed by atoms with E-state index in [4.69, 9.17) is 5.73 Å².